The third-order valence-corrected chi connectivity index (χ3v) is 7.90. The Morgan fingerprint density at radius 2 is 1.15 bits per heavy atom. The standard InChI is InChI=1S/C27H51O13P/c1-3-5-6-7-8-9-10-11-12-13-14-16-20(28)37-17-19(39-21(29)15-4-2)18-38-41(35,36)40-27-25(33)23(31)22(30)24(32)26(27)34/h19,22-27,30-34H,3-18H2,1-2H3,(H,35,36)/t19-,22?,23-,24?,25?,26?,27?/m1/s1. The van der Waals surface area contributed by atoms with Crippen LogP contribution in [0.2, 0.25) is 0 Å². The maximum absolute atomic E-state index is 12.5. The van der Waals surface area contributed by atoms with Gasteiger partial charge in [0.1, 0.15) is 43.2 Å². The third kappa shape index (κ3) is 15.2. The Morgan fingerprint density at radius 3 is 1.66 bits per heavy atom. The lowest BCUT2D eigenvalue weighted by atomic mass is 9.85. The van der Waals surface area contributed by atoms with Gasteiger partial charge in [-0.2, -0.15) is 0 Å². The van der Waals surface area contributed by atoms with Crippen LogP contribution in [0.3, 0.4) is 0 Å². The summed E-state index contributed by atoms with van der Waals surface area (Å²) in [5.41, 5.74) is 0. The molecule has 0 aromatic rings. The summed E-state index contributed by atoms with van der Waals surface area (Å²) in [6.45, 7) is 2.77. The van der Waals surface area contributed by atoms with Gasteiger partial charge in [0.05, 0.1) is 6.61 Å². The summed E-state index contributed by atoms with van der Waals surface area (Å²) in [7, 11) is -5.07. The number of unbranched alkanes of at least 4 members (excludes halogenated alkanes) is 10. The molecule has 6 N–H and O–H groups in total. The molecule has 0 spiro atoms. The van der Waals surface area contributed by atoms with Crippen LogP contribution in [0.1, 0.15) is 104 Å². The molecule has 0 bridgehead atoms. The summed E-state index contributed by atoms with van der Waals surface area (Å²) in [5, 5.41) is 49.2. The summed E-state index contributed by atoms with van der Waals surface area (Å²) < 4.78 is 32.4. The number of aliphatic hydroxyl groups excluding tert-OH is 5. The molecule has 242 valence electrons. The van der Waals surface area contributed by atoms with E-state index in [-0.39, 0.29) is 12.8 Å². The lowest BCUT2D eigenvalue weighted by molar-refractivity contribution is -0.220. The minimum absolute atomic E-state index is 0.0506. The minimum Gasteiger partial charge on any atom is -0.462 e. The lowest BCUT2D eigenvalue weighted by Gasteiger charge is -2.41. The van der Waals surface area contributed by atoms with Gasteiger partial charge in [0.15, 0.2) is 6.10 Å². The molecule has 1 aliphatic carbocycles. The fourth-order valence-electron chi connectivity index (χ4n) is 4.44. The molecule has 0 radical (unpaired) electrons. The van der Waals surface area contributed by atoms with Gasteiger partial charge in [-0.15, -0.1) is 0 Å². The molecular weight excluding hydrogens is 563 g/mol. The van der Waals surface area contributed by atoms with E-state index in [1.165, 1.54) is 44.9 Å². The normalized spacial score (nSPS) is 26.7. The molecule has 0 saturated heterocycles. The molecule has 1 fully saturated rings. The van der Waals surface area contributed by atoms with Crippen molar-refractivity contribution in [3.63, 3.8) is 0 Å². The van der Waals surface area contributed by atoms with E-state index in [9.17, 15) is 44.6 Å². The maximum Gasteiger partial charge on any atom is 0.472 e. The van der Waals surface area contributed by atoms with Gasteiger partial charge >= 0.3 is 19.8 Å². The topological polar surface area (TPSA) is 210 Å². The second-order valence-corrected chi connectivity index (χ2v) is 12.0. The van der Waals surface area contributed by atoms with Crippen LogP contribution in [-0.4, -0.2) is 98.3 Å². The van der Waals surface area contributed by atoms with E-state index in [1.54, 1.807) is 6.92 Å². The highest BCUT2D eigenvalue weighted by Crippen LogP contribution is 2.47. The van der Waals surface area contributed by atoms with E-state index in [1.807, 2.05) is 0 Å². The number of hydrogen-bond acceptors (Lipinski definition) is 12. The second-order valence-electron chi connectivity index (χ2n) is 10.6. The van der Waals surface area contributed by atoms with E-state index < -0.39 is 75.7 Å². The third-order valence-electron chi connectivity index (χ3n) is 6.92. The molecule has 1 aliphatic rings. The predicted molar refractivity (Wildman–Crippen MR) is 148 cm³/mol. The van der Waals surface area contributed by atoms with Crippen molar-refractivity contribution in [2.45, 2.75) is 146 Å². The quantitative estimate of drug-likeness (QED) is 0.0588. The largest absolute Gasteiger partial charge is 0.472 e. The minimum atomic E-state index is -5.07. The molecule has 14 heteroatoms. The number of ether oxygens (including phenoxy) is 2. The summed E-state index contributed by atoms with van der Waals surface area (Å²) in [5.74, 6) is -1.16. The molecule has 0 amide bonds. The van der Waals surface area contributed by atoms with Gasteiger partial charge < -0.3 is 39.9 Å². The number of aliphatic hydroxyl groups is 5. The van der Waals surface area contributed by atoms with Crippen molar-refractivity contribution in [3.05, 3.63) is 0 Å². The number of phosphoric ester groups is 1. The number of carbonyl (C=O) groups excluding carboxylic acids is 2. The Labute approximate surface area is 242 Å². The van der Waals surface area contributed by atoms with Gasteiger partial charge in [0.25, 0.3) is 0 Å². The molecule has 13 nitrogen and oxygen atoms in total. The Bertz CT molecular complexity index is 766. The van der Waals surface area contributed by atoms with Crippen molar-refractivity contribution >= 4 is 19.8 Å². The highest BCUT2D eigenvalue weighted by molar-refractivity contribution is 7.47. The Kier molecular flexibility index (Phi) is 19.1. The molecule has 0 aromatic heterocycles. The van der Waals surface area contributed by atoms with Crippen molar-refractivity contribution in [2.24, 2.45) is 0 Å². The van der Waals surface area contributed by atoms with Crippen molar-refractivity contribution in [2.75, 3.05) is 13.2 Å². The summed E-state index contributed by atoms with van der Waals surface area (Å²) in [4.78, 5) is 34.3. The van der Waals surface area contributed by atoms with E-state index in [0.717, 1.165) is 19.3 Å². The number of hydrogen-bond donors (Lipinski definition) is 6. The van der Waals surface area contributed by atoms with Gasteiger partial charge in [0, 0.05) is 12.8 Å². The molecule has 0 aromatic carbocycles. The highest BCUT2D eigenvalue weighted by atomic mass is 31.2. The van der Waals surface area contributed by atoms with Crippen molar-refractivity contribution in [3.8, 4) is 0 Å². The average Bonchev–Trinajstić information content (AvgIpc) is 2.93. The Balaban J connectivity index is 2.46. The van der Waals surface area contributed by atoms with Crippen molar-refractivity contribution in [1.29, 1.82) is 0 Å². The van der Waals surface area contributed by atoms with Crippen LogP contribution in [0.4, 0.5) is 0 Å². The molecule has 1 saturated carbocycles. The number of esters is 2. The monoisotopic (exact) mass is 614 g/mol. The van der Waals surface area contributed by atoms with Gasteiger partial charge in [-0.3, -0.25) is 18.6 Å². The second kappa shape index (κ2) is 20.7. The molecule has 8 atom stereocenters. The smallest absolute Gasteiger partial charge is 0.462 e. The van der Waals surface area contributed by atoms with Gasteiger partial charge in [-0.05, 0) is 12.8 Å². The summed E-state index contributed by atoms with van der Waals surface area (Å²) in [6, 6.07) is 0. The zero-order chi connectivity index (χ0) is 30.8. The van der Waals surface area contributed by atoms with Crippen molar-refractivity contribution < 1.29 is 63.1 Å². The zero-order valence-electron chi connectivity index (χ0n) is 24.3. The van der Waals surface area contributed by atoms with Crippen LogP contribution in [0.15, 0.2) is 0 Å². The molecule has 1 rings (SSSR count). The zero-order valence-corrected chi connectivity index (χ0v) is 25.2. The Hall–Kier alpha value is -1.15. The molecule has 0 heterocycles. The van der Waals surface area contributed by atoms with Crippen LogP contribution < -0.4 is 0 Å². The fourth-order valence-corrected chi connectivity index (χ4v) is 5.41. The summed E-state index contributed by atoms with van der Waals surface area (Å²) >= 11 is 0. The Morgan fingerprint density at radius 1 is 0.659 bits per heavy atom. The van der Waals surface area contributed by atoms with Crippen LogP contribution >= 0.6 is 7.82 Å². The van der Waals surface area contributed by atoms with Crippen LogP contribution in [0, 0.1) is 0 Å². The van der Waals surface area contributed by atoms with E-state index in [2.05, 4.69) is 6.92 Å². The number of rotatable bonds is 22. The molecule has 41 heavy (non-hydrogen) atoms. The van der Waals surface area contributed by atoms with E-state index >= 15 is 0 Å². The first-order valence-electron chi connectivity index (χ1n) is 14.8. The first kappa shape index (κ1) is 37.9. The molecular formula is C27H51O13P. The fraction of sp³-hybridized carbons (Fsp3) is 0.926. The molecule has 6 unspecified atom stereocenters. The first-order valence-corrected chi connectivity index (χ1v) is 16.3. The average molecular weight is 615 g/mol. The van der Waals surface area contributed by atoms with Crippen LogP contribution in [0.25, 0.3) is 0 Å². The van der Waals surface area contributed by atoms with E-state index in [0.29, 0.717) is 12.8 Å². The van der Waals surface area contributed by atoms with Gasteiger partial charge in [-0.1, -0.05) is 78.1 Å². The highest BCUT2D eigenvalue weighted by Gasteiger charge is 2.51. The number of phosphoric acid groups is 1. The van der Waals surface area contributed by atoms with Gasteiger partial charge in [0.2, 0.25) is 0 Å². The summed E-state index contributed by atoms with van der Waals surface area (Å²) in [6.07, 6.45) is 0.00895. The molecule has 0 aliphatic heterocycles. The SMILES string of the molecule is CCCCCCCCCCCCCC(=O)OC[C@H](COP(=O)(O)OC1C(O)C(O)C(O)[C@@H](O)C1O)OC(=O)CCC. The maximum atomic E-state index is 12.5. The van der Waals surface area contributed by atoms with Crippen LogP contribution in [0.5, 0.6) is 0 Å². The van der Waals surface area contributed by atoms with Gasteiger partial charge in [-0.25, -0.2) is 4.57 Å². The lowest BCUT2D eigenvalue weighted by Crippen LogP contribution is -2.64. The van der Waals surface area contributed by atoms with Crippen molar-refractivity contribution in [1.82, 2.24) is 0 Å². The predicted octanol–water partition coefficient (Wildman–Crippen LogP) is 2.26. The first-order chi connectivity index (χ1) is 19.4. The van der Waals surface area contributed by atoms with Crippen LogP contribution in [-0.2, 0) is 32.7 Å². The number of carbonyl (C=O) groups is 2. The van der Waals surface area contributed by atoms with E-state index in [4.69, 9.17) is 18.5 Å².